The number of aromatic nitrogens is 1. The maximum absolute atomic E-state index is 2.55. The van der Waals surface area contributed by atoms with Crippen LogP contribution in [0.3, 0.4) is 0 Å². The van der Waals surface area contributed by atoms with Crippen LogP contribution in [0.5, 0.6) is 0 Å². The van der Waals surface area contributed by atoms with Crippen LogP contribution in [0, 0.1) is 13.8 Å². The van der Waals surface area contributed by atoms with E-state index in [1.165, 1.54) is 66.5 Å². The molecule has 0 fully saturated rings. The standard InChI is InChI=1S/C38H33N/c1-26-12-6-7-19-33(26)34-22-23-36-35-20-8-9-21-37(35)39(38(36)27(34)2)32-18-11-17-31(25-32)30-16-10-15-29(24-30)28-13-4-3-5-14-28/h3-10,12-13,15-17,19-25,28H,11,14,18H2,1-2H3. The summed E-state index contributed by atoms with van der Waals surface area (Å²) in [6, 6.07) is 31.4. The molecule has 0 amide bonds. The molecule has 190 valence electrons. The van der Waals surface area contributed by atoms with Gasteiger partial charge in [-0.15, -0.1) is 0 Å². The van der Waals surface area contributed by atoms with Gasteiger partial charge in [-0.3, -0.25) is 0 Å². The summed E-state index contributed by atoms with van der Waals surface area (Å²) in [4.78, 5) is 0. The minimum atomic E-state index is 0.461. The predicted molar refractivity (Wildman–Crippen MR) is 168 cm³/mol. The van der Waals surface area contributed by atoms with Crippen LogP contribution in [0.2, 0.25) is 0 Å². The van der Waals surface area contributed by atoms with Crippen LogP contribution < -0.4 is 0 Å². The zero-order valence-electron chi connectivity index (χ0n) is 22.7. The zero-order valence-corrected chi connectivity index (χ0v) is 22.7. The molecule has 1 heterocycles. The summed E-state index contributed by atoms with van der Waals surface area (Å²) in [5.74, 6) is 0.461. The number of para-hydroxylation sites is 1. The van der Waals surface area contributed by atoms with Gasteiger partial charge in [0.25, 0.3) is 0 Å². The minimum Gasteiger partial charge on any atom is -0.313 e. The summed E-state index contributed by atoms with van der Waals surface area (Å²) in [7, 11) is 0. The van der Waals surface area contributed by atoms with E-state index in [9.17, 15) is 0 Å². The van der Waals surface area contributed by atoms with Crippen molar-refractivity contribution in [3.63, 3.8) is 0 Å². The van der Waals surface area contributed by atoms with Crippen molar-refractivity contribution in [3.05, 3.63) is 144 Å². The number of hydrogen-bond acceptors (Lipinski definition) is 0. The van der Waals surface area contributed by atoms with E-state index in [-0.39, 0.29) is 0 Å². The van der Waals surface area contributed by atoms with Crippen molar-refractivity contribution in [3.8, 4) is 11.1 Å². The van der Waals surface area contributed by atoms with Gasteiger partial charge in [0.05, 0.1) is 11.0 Å². The fourth-order valence-electron chi connectivity index (χ4n) is 6.53. The summed E-state index contributed by atoms with van der Waals surface area (Å²) in [5, 5.41) is 2.65. The van der Waals surface area contributed by atoms with Gasteiger partial charge in [-0.2, -0.15) is 0 Å². The van der Waals surface area contributed by atoms with Gasteiger partial charge in [0.1, 0.15) is 0 Å². The van der Waals surface area contributed by atoms with Gasteiger partial charge in [0.2, 0.25) is 0 Å². The predicted octanol–water partition coefficient (Wildman–Crippen LogP) is 10.4. The molecule has 5 aromatic rings. The van der Waals surface area contributed by atoms with Crippen molar-refractivity contribution in [2.75, 3.05) is 0 Å². The van der Waals surface area contributed by atoms with Crippen molar-refractivity contribution in [2.45, 2.75) is 39.0 Å². The van der Waals surface area contributed by atoms with Crippen molar-refractivity contribution in [1.29, 1.82) is 0 Å². The molecule has 4 aromatic carbocycles. The second-order valence-corrected chi connectivity index (χ2v) is 10.9. The molecule has 2 aliphatic carbocycles. The number of rotatable bonds is 4. The van der Waals surface area contributed by atoms with Gasteiger partial charge in [-0.05, 0) is 84.2 Å². The smallest absolute Gasteiger partial charge is 0.0573 e. The Labute approximate surface area is 231 Å². The molecular weight excluding hydrogens is 470 g/mol. The molecule has 39 heavy (non-hydrogen) atoms. The number of fused-ring (bicyclic) bond motifs is 3. The summed E-state index contributed by atoms with van der Waals surface area (Å²) in [6.45, 7) is 4.51. The average molecular weight is 504 g/mol. The van der Waals surface area contributed by atoms with E-state index in [1.54, 1.807) is 0 Å². The maximum Gasteiger partial charge on any atom is 0.0573 e. The van der Waals surface area contributed by atoms with Gasteiger partial charge in [0.15, 0.2) is 0 Å². The van der Waals surface area contributed by atoms with Crippen molar-refractivity contribution >= 4 is 33.1 Å². The van der Waals surface area contributed by atoms with Gasteiger partial charge in [0, 0.05) is 22.4 Å². The Kier molecular flexibility index (Phi) is 5.93. The normalized spacial score (nSPS) is 17.0. The van der Waals surface area contributed by atoms with Crippen LogP contribution in [0.1, 0.15) is 47.4 Å². The number of nitrogens with zero attached hydrogens (tertiary/aromatic N) is 1. The van der Waals surface area contributed by atoms with Gasteiger partial charge in [-0.1, -0.05) is 109 Å². The van der Waals surface area contributed by atoms with E-state index in [0.29, 0.717) is 5.92 Å². The molecule has 1 unspecified atom stereocenters. The van der Waals surface area contributed by atoms with E-state index in [0.717, 1.165) is 19.3 Å². The fourth-order valence-corrected chi connectivity index (χ4v) is 6.53. The monoisotopic (exact) mass is 503 g/mol. The lowest BCUT2D eigenvalue weighted by atomic mass is 9.89. The Morgan fingerprint density at radius 1 is 0.769 bits per heavy atom. The molecule has 1 nitrogen and oxygen atoms in total. The lowest BCUT2D eigenvalue weighted by Gasteiger charge is -2.20. The highest BCUT2D eigenvalue weighted by molar-refractivity contribution is 6.12. The number of allylic oxidation sites excluding steroid dienone is 8. The van der Waals surface area contributed by atoms with E-state index < -0.39 is 0 Å². The van der Waals surface area contributed by atoms with E-state index in [4.69, 9.17) is 0 Å². The Hall–Kier alpha value is -4.36. The van der Waals surface area contributed by atoms with Crippen molar-refractivity contribution < 1.29 is 0 Å². The van der Waals surface area contributed by atoms with Gasteiger partial charge >= 0.3 is 0 Å². The number of hydrogen-bond donors (Lipinski definition) is 0. The molecule has 0 saturated carbocycles. The molecule has 7 rings (SSSR count). The fraction of sp³-hybridized carbons (Fsp3) is 0.158. The highest BCUT2D eigenvalue weighted by Crippen LogP contribution is 2.41. The summed E-state index contributed by atoms with van der Waals surface area (Å²) in [6.07, 6.45) is 16.9. The van der Waals surface area contributed by atoms with Crippen LogP contribution in [-0.2, 0) is 0 Å². The Bertz CT molecular complexity index is 1850. The first-order chi connectivity index (χ1) is 19.2. The molecule has 0 radical (unpaired) electrons. The topological polar surface area (TPSA) is 4.93 Å². The summed E-state index contributed by atoms with van der Waals surface area (Å²) in [5.41, 5.74) is 13.3. The Morgan fingerprint density at radius 2 is 1.64 bits per heavy atom. The molecule has 2 aliphatic rings. The van der Waals surface area contributed by atoms with Crippen LogP contribution in [0.25, 0.3) is 44.2 Å². The van der Waals surface area contributed by atoms with E-state index in [1.807, 2.05) is 0 Å². The lowest BCUT2D eigenvalue weighted by molar-refractivity contribution is 0.853. The van der Waals surface area contributed by atoms with E-state index in [2.05, 4.69) is 140 Å². The quantitative estimate of drug-likeness (QED) is 0.230. The highest BCUT2D eigenvalue weighted by Gasteiger charge is 2.20. The van der Waals surface area contributed by atoms with Gasteiger partial charge < -0.3 is 4.57 Å². The molecule has 0 saturated heterocycles. The molecular formula is C38H33N. The molecule has 1 atom stereocenters. The van der Waals surface area contributed by atoms with E-state index >= 15 is 0 Å². The first kappa shape index (κ1) is 23.7. The third-order valence-corrected chi connectivity index (χ3v) is 8.53. The second kappa shape index (κ2) is 9.75. The second-order valence-electron chi connectivity index (χ2n) is 10.9. The van der Waals surface area contributed by atoms with Crippen LogP contribution in [-0.4, -0.2) is 4.57 Å². The van der Waals surface area contributed by atoms with Crippen LogP contribution in [0.15, 0.2) is 121 Å². The van der Waals surface area contributed by atoms with Crippen LogP contribution >= 0.6 is 0 Å². The average Bonchev–Trinajstić information content (AvgIpc) is 3.34. The summed E-state index contributed by atoms with van der Waals surface area (Å²) >= 11 is 0. The zero-order chi connectivity index (χ0) is 26.3. The Morgan fingerprint density at radius 3 is 2.51 bits per heavy atom. The summed E-state index contributed by atoms with van der Waals surface area (Å²) < 4.78 is 2.55. The molecule has 1 heteroatoms. The van der Waals surface area contributed by atoms with Crippen molar-refractivity contribution in [1.82, 2.24) is 4.57 Å². The lowest BCUT2D eigenvalue weighted by Crippen LogP contribution is -2.03. The third-order valence-electron chi connectivity index (χ3n) is 8.53. The molecule has 0 N–H and O–H groups in total. The highest BCUT2D eigenvalue weighted by atomic mass is 15.0. The molecule has 0 aliphatic heterocycles. The minimum absolute atomic E-state index is 0.461. The number of aryl methyl sites for hydroxylation is 2. The third kappa shape index (κ3) is 4.10. The van der Waals surface area contributed by atoms with Crippen LogP contribution in [0.4, 0.5) is 0 Å². The number of benzene rings is 4. The molecule has 0 spiro atoms. The molecule has 0 bridgehead atoms. The molecule has 1 aromatic heterocycles. The Balaban J connectivity index is 1.39. The van der Waals surface area contributed by atoms with Gasteiger partial charge in [-0.25, -0.2) is 0 Å². The largest absolute Gasteiger partial charge is 0.313 e. The van der Waals surface area contributed by atoms with Crippen molar-refractivity contribution in [2.24, 2.45) is 0 Å². The first-order valence-electron chi connectivity index (χ1n) is 14.1. The first-order valence-corrected chi connectivity index (χ1v) is 14.1. The maximum atomic E-state index is 2.55. The SMILES string of the molecule is Cc1ccccc1-c1ccc2c3ccccc3n(C3=CC(c4cccc(C5C=CC=CC5)c4)=CCC3)c2c1C.